The third-order valence-electron chi connectivity index (χ3n) is 2.80. The summed E-state index contributed by atoms with van der Waals surface area (Å²) in [7, 11) is 1.99. The second-order valence-corrected chi connectivity index (χ2v) is 4.95. The molecule has 0 radical (unpaired) electrons. The number of aryl methyl sites for hydroxylation is 3. The lowest BCUT2D eigenvalue weighted by Crippen LogP contribution is -1.94. The second-order valence-electron chi connectivity index (χ2n) is 4.20. The Hall–Kier alpha value is -1.09. The molecule has 0 atom stereocenters. The molecule has 0 fully saturated rings. The summed E-state index contributed by atoms with van der Waals surface area (Å²) < 4.78 is 3.05. The van der Waals surface area contributed by atoms with Crippen molar-refractivity contribution in [3.8, 4) is 0 Å². The number of benzene rings is 1. The molecule has 1 heterocycles. The third kappa shape index (κ3) is 2.19. The number of rotatable bonds is 2. The van der Waals surface area contributed by atoms with Crippen molar-refractivity contribution in [3.63, 3.8) is 0 Å². The van der Waals surface area contributed by atoms with Gasteiger partial charge >= 0.3 is 0 Å². The number of nitrogens with zero attached hydrogens (tertiary/aromatic N) is 2. The summed E-state index contributed by atoms with van der Waals surface area (Å²) in [6, 6.07) is 6.55. The Balaban J connectivity index is 2.33. The first-order chi connectivity index (χ1) is 7.58. The largest absolute Gasteiger partial charge is 0.328 e. The van der Waals surface area contributed by atoms with Crippen LogP contribution in [0.2, 0.25) is 0 Å². The number of hydrogen-bond donors (Lipinski definition) is 0. The molecule has 0 unspecified atom stereocenters. The minimum Gasteiger partial charge on any atom is -0.328 e. The molecular formula is C13H15BrN2. The molecule has 0 bridgehead atoms. The quantitative estimate of drug-likeness (QED) is 0.824. The van der Waals surface area contributed by atoms with Gasteiger partial charge in [0.2, 0.25) is 0 Å². The number of imidazole rings is 1. The minimum absolute atomic E-state index is 0.884. The highest BCUT2D eigenvalue weighted by molar-refractivity contribution is 9.10. The van der Waals surface area contributed by atoms with E-state index in [-0.39, 0.29) is 0 Å². The van der Waals surface area contributed by atoms with E-state index in [0.717, 1.165) is 16.7 Å². The van der Waals surface area contributed by atoms with Gasteiger partial charge in [0.25, 0.3) is 0 Å². The normalized spacial score (nSPS) is 10.8. The van der Waals surface area contributed by atoms with Crippen molar-refractivity contribution in [2.75, 3.05) is 0 Å². The van der Waals surface area contributed by atoms with Gasteiger partial charge < -0.3 is 4.57 Å². The van der Waals surface area contributed by atoms with Crippen LogP contribution in [0.4, 0.5) is 0 Å². The predicted octanol–water partition coefficient (Wildman–Crippen LogP) is 3.39. The maximum absolute atomic E-state index is 4.40. The van der Waals surface area contributed by atoms with E-state index in [0.29, 0.717) is 0 Å². The fraction of sp³-hybridized carbons (Fsp3) is 0.308. The van der Waals surface area contributed by atoms with Gasteiger partial charge in [0.15, 0.2) is 0 Å². The Labute approximate surface area is 104 Å². The Morgan fingerprint density at radius 2 is 2.06 bits per heavy atom. The molecule has 0 aliphatic heterocycles. The van der Waals surface area contributed by atoms with Gasteiger partial charge in [0, 0.05) is 13.5 Å². The molecule has 3 heteroatoms. The number of aromatic nitrogens is 2. The van der Waals surface area contributed by atoms with Crippen molar-refractivity contribution >= 4 is 15.9 Å². The van der Waals surface area contributed by atoms with Crippen LogP contribution in [0.5, 0.6) is 0 Å². The summed E-state index contributed by atoms with van der Waals surface area (Å²) in [5.41, 5.74) is 5.06. The number of hydrogen-bond acceptors (Lipinski definition) is 1. The molecule has 1 aromatic carbocycles. The van der Waals surface area contributed by atoms with Crippen LogP contribution < -0.4 is 0 Å². The van der Waals surface area contributed by atoms with E-state index < -0.39 is 0 Å². The molecule has 0 aliphatic rings. The highest BCUT2D eigenvalue weighted by atomic mass is 79.9. The van der Waals surface area contributed by atoms with E-state index in [1.807, 2.05) is 17.9 Å². The first-order valence-corrected chi connectivity index (χ1v) is 6.09. The SMILES string of the molecule is Cc1ccc(C)c(Cc2ncn(C)c2Br)c1. The summed E-state index contributed by atoms with van der Waals surface area (Å²) in [5, 5.41) is 0. The second kappa shape index (κ2) is 4.42. The molecule has 0 aliphatic carbocycles. The Morgan fingerprint density at radius 1 is 1.31 bits per heavy atom. The fourth-order valence-corrected chi connectivity index (χ4v) is 2.09. The van der Waals surface area contributed by atoms with Crippen molar-refractivity contribution in [2.45, 2.75) is 20.3 Å². The molecule has 0 amide bonds. The lowest BCUT2D eigenvalue weighted by atomic mass is 10.0. The first kappa shape index (κ1) is 11.4. The fourth-order valence-electron chi connectivity index (χ4n) is 1.75. The van der Waals surface area contributed by atoms with Gasteiger partial charge in [-0.25, -0.2) is 4.98 Å². The van der Waals surface area contributed by atoms with Crippen LogP contribution in [0.25, 0.3) is 0 Å². The van der Waals surface area contributed by atoms with Gasteiger partial charge in [-0.15, -0.1) is 0 Å². The lowest BCUT2D eigenvalue weighted by Gasteiger charge is -2.06. The van der Waals surface area contributed by atoms with Crippen molar-refractivity contribution < 1.29 is 0 Å². The van der Waals surface area contributed by atoms with Crippen LogP contribution in [0.3, 0.4) is 0 Å². The first-order valence-electron chi connectivity index (χ1n) is 5.29. The summed E-state index contributed by atoms with van der Waals surface area (Å²) in [6.45, 7) is 4.27. The van der Waals surface area contributed by atoms with Crippen LogP contribution in [0.15, 0.2) is 29.1 Å². The molecule has 2 rings (SSSR count). The molecule has 2 aromatic rings. The van der Waals surface area contributed by atoms with Crippen molar-refractivity contribution in [2.24, 2.45) is 7.05 Å². The highest BCUT2D eigenvalue weighted by Gasteiger charge is 2.08. The molecule has 0 saturated carbocycles. The third-order valence-corrected chi connectivity index (χ3v) is 3.81. The highest BCUT2D eigenvalue weighted by Crippen LogP contribution is 2.20. The molecule has 0 N–H and O–H groups in total. The molecule has 0 saturated heterocycles. The van der Waals surface area contributed by atoms with Crippen molar-refractivity contribution in [1.82, 2.24) is 9.55 Å². The maximum atomic E-state index is 4.40. The van der Waals surface area contributed by atoms with Crippen LogP contribution >= 0.6 is 15.9 Å². The standard InChI is InChI=1S/C13H15BrN2/c1-9-4-5-10(2)11(6-9)7-12-13(14)16(3)8-15-12/h4-6,8H,7H2,1-3H3. The van der Waals surface area contributed by atoms with E-state index in [1.165, 1.54) is 16.7 Å². The summed E-state index contributed by atoms with van der Waals surface area (Å²) >= 11 is 3.55. The van der Waals surface area contributed by atoms with Crippen LogP contribution in [-0.2, 0) is 13.5 Å². The maximum Gasteiger partial charge on any atom is 0.108 e. The summed E-state index contributed by atoms with van der Waals surface area (Å²) in [5.74, 6) is 0. The predicted molar refractivity (Wildman–Crippen MR) is 69.6 cm³/mol. The molecule has 1 aromatic heterocycles. The molecular weight excluding hydrogens is 264 g/mol. The lowest BCUT2D eigenvalue weighted by molar-refractivity contribution is 0.887. The monoisotopic (exact) mass is 278 g/mol. The topological polar surface area (TPSA) is 17.8 Å². The average Bonchev–Trinajstić information content (AvgIpc) is 2.55. The zero-order valence-electron chi connectivity index (χ0n) is 9.79. The van der Waals surface area contributed by atoms with Gasteiger partial charge in [-0.05, 0) is 40.9 Å². The van der Waals surface area contributed by atoms with E-state index in [9.17, 15) is 0 Å². The van der Waals surface area contributed by atoms with Crippen molar-refractivity contribution in [3.05, 3.63) is 51.5 Å². The molecule has 2 nitrogen and oxygen atoms in total. The minimum atomic E-state index is 0.884. The van der Waals surface area contributed by atoms with E-state index in [4.69, 9.17) is 0 Å². The Kier molecular flexibility index (Phi) is 3.15. The average molecular weight is 279 g/mol. The van der Waals surface area contributed by atoms with E-state index in [1.54, 1.807) is 0 Å². The Morgan fingerprint density at radius 3 is 2.69 bits per heavy atom. The van der Waals surface area contributed by atoms with E-state index >= 15 is 0 Å². The van der Waals surface area contributed by atoms with Gasteiger partial charge in [-0.3, -0.25) is 0 Å². The van der Waals surface area contributed by atoms with Gasteiger partial charge in [0.05, 0.1) is 12.0 Å². The molecule has 0 spiro atoms. The number of halogens is 1. The Bertz CT molecular complexity index is 515. The van der Waals surface area contributed by atoms with Crippen LogP contribution in [0.1, 0.15) is 22.4 Å². The van der Waals surface area contributed by atoms with Gasteiger partial charge in [0.1, 0.15) is 4.60 Å². The molecule has 84 valence electrons. The zero-order chi connectivity index (χ0) is 11.7. The van der Waals surface area contributed by atoms with Crippen LogP contribution in [-0.4, -0.2) is 9.55 Å². The van der Waals surface area contributed by atoms with E-state index in [2.05, 4.69) is 53.0 Å². The van der Waals surface area contributed by atoms with Gasteiger partial charge in [-0.1, -0.05) is 23.8 Å². The summed E-state index contributed by atoms with van der Waals surface area (Å²) in [6.07, 6.45) is 2.72. The molecule has 16 heavy (non-hydrogen) atoms. The van der Waals surface area contributed by atoms with Crippen LogP contribution in [0, 0.1) is 13.8 Å². The zero-order valence-corrected chi connectivity index (χ0v) is 11.4. The van der Waals surface area contributed by atoms with Crippen molar-refractivity contribution in [1.29, 1.82) is 0 Å². The summed E-state index contributed by atoms with van der Waals surface area (Å²) in [4.78, 5) is 4.40. The smallest absolute Gasteiger partial charge is 0.108 e. The van der Waals surface area contributed by atoms with Gasteiger partial charge in [-0.2, -0.15) is 0 Å².